The Bertz CT molecular complexity index is 828. The zero-order chi connectivity index (χ0) is 14.4. The molecule has 0 bridgehead atoms. The lowest BCUT2D eigenvalue weighted by Crippen LogP contribution is -2.15. The molecule has 1 aromatic heterocycles. The Hall–Kier alpha value is -2.01. The molecule has 2 aromatic carbocycles. The number of nitrogen functional groups attached to an aromatic ring is 1. The molecule has 106 valence electrons. The van der Waals surface area contributed by atoms with Crippen LogP contribution >= 0.6 is 15.9 Å². The highest BCUT2D eigenvalue weighted by Gasteiger charge is 2.27. The van der Waals surface area contributed by atoms with Crippen molar-refractivity contribution in [2.75, 3.05) is 12.3 Å². The molecule has 0 spiro atoms. The fourth-order valence-corrected chi connectivity index (χ4v) is 3.25. The van der Waals surface area contributed by atoms with E-state index in [1.165, 1.54) is 0 Å². The van der Waals surface area contributed by atoms with Crippen molar-refractivity contribution < 1.29 is 9.15 Å². The number of benzene rings is 2. The number of anilines is 1. The number of ether oxygens (including phenoxy) is 1. The highest BCUT2D eigenvalue weighted by Crippen LogP contribution is 2.39. The van der Waals surface area contributed by atoms with E-state index in [0.717, 1.165) is 27.7 Å². The van der Waals surface area contributed by atoms with Gasteiger partial charge in [0.25, 0.3) is 0 Å². The van der Waals surface area contributed by atoms with Crippen LogP contribution in [0.1, 0.15) is 23.8 Å². The van der Waals surface area contributed by atoms with Crippen molar-refractivity contribution >= 4 is 32.7 Å². The number of nitrogens with zero attached hydrogens (tertiary/aromatic N) is 1. The van der Waals surface area contributed by atoms with Crippen LogP contribution < -0.4 is 10.5 Å². The van der Waals surface area contributed by atoms with E-state index in [1.807, 2.05) is 30.3 Å². The standard InChI is InChI=1S/C16H13BrN2O2/c17-9-7-12(18)15-13(8-9)19-16(21-15)11-5-6-20-14-4-2-1-3-10(11)14/h1-4,7-8,11H,5-6,18H2. The number of rotatable bonds is 1. The van der Waals surface area contributed by atoms with Crippen LogP contribution in [0.2, 0.25) is 0 Å². The second kappa shape index (κ2) is 4.77. The minimum Gasteiger partial charge on any atom is -0.493 e. The van der Waals surface area contributed by atoms with E-state index in [4.69, 9.17) is 14.9 Å². The Morgan fingerprint density at radius 1 is 1.24 bits per heavy atom. The van der Waals surface area contributed by atoms with Gasteiger partial charge < -0.3 is 14.9 Å². The van der Waals surface area contributed by atoms with E-state index in [0.29, 0.717) is 23.8 Å². The summed E-state index contributed by atoms with van der Waals surface area (Å²) in [7, 11) is 0. The van der Waals surface area contributed by atoms with Crippen LogP contribution in [0.25, 0.3) is 11.1 Å². The van der Waals surface area contributed by atoms with E-state index in [9.17, 15) is 0 Å². The lowest BCUT2D eigenvalue weighted by molar-refractivity contribution is 0.266. The van der Waals surface area contributed by atoms with E-state index in [1.54, 1.807) is 0 Å². The van der Waals surface area contributed by atoms with Crippen LogP contribution in [0.15, 0.2) is 45.3 Å². The molecule has 2 heterocycles. The zero-order valence-corrected chi connectivity index (χ0v) is 12.8. The summed E-state index contributed by atoms with van der Waals surface area (Å²) < 4.78 is 12.5. The van der Waals surface area contributed by atoms with Crippen molar-refractivity contribution in [2.24, 2.45) is 0 Å². The molecular formula is C16H13BrN2O2. The van der Waals surface area contributed by atoms with E-state index in [-0.39, 0.29) is 5.92 Å². The number of nitrogens with two attached hydrogens (primary N) is 1. The monoisotopic (exact) mass is 344 g/mol. The van der Waals surface area contributed by atoms with Crippen LogP contribution in [-0.4, -0.2) is 11.6 Å². The fourth-order valence-electron chi connectivity index (χ4n) is 2.79. The average molecular weight is 345 g/mol. The summed E-state index contributed by atoms with van der Waals surface area (Å²) in [6.45, 7) is 0.666. The van der Waals surface area contributed by atoms with E-state index >= 15 is 0 Å². The Morgan fingerprint density at radius 3 is 3.00 bits per heavy atom. The van der Waals surface area contributed by atoms with Crippen molar-refractivity contribution in [3.8, 4) is 5.75 Å². The van der Waals surface area contributed by atoms with Crippen molar-refractivity contribution in [2.45, 2.75) is 12.3 Å². The van der Waals surface area contributed by atoms with Crippen LogP contribution in [0, 0.1) is 0 Å². The largest absolute Gasteiger partial charge is 0.493 e. The Labute approximate surface area is 130 Å². The molecule has 0 fully saturated rings. The van der Waals surface area contributed by atoms with Crippen LogP contribution in [0.5, 0.6) is 5.75 Å². The first-order chi connectivity index (χ1) is 10.2. The molecule has 0 radical (unpaired) electrons. The number of oxazole rings is 1. The number of hydrogen-bond acceptors (Lipinski definition) is 4. The third kappa shape index (κ3) is 2.08. The lowest BCUT2D eigenvalue weighted by atomic mass is 9.93. The minimum atomic E-state index is 0.112. The molecule has 5 heteroatoms. The maximum absolute atomic E-state index is 6.01. The molecule has 1 aliphatic heterocycles. The fraction of sp³-hybridized carbons (Fsp3) is 0.188. The van der Waals surface area contributed by atoms with Crippen molar-refractivity contribution in [3.05, 3.63) is 52.3 Å². The lowest BCUT2D eigenvalue weighted by Gasteiger charge is -2.23. The minimum absolute atomic E-state index is 0.112. The van der Waals surface area contributed by atoms with Crippen LogP contribution in [0.3, 0.4) is 0 Å². The first-order valence-corrected chi connectivity index (χ1v) is 7.59. The third-order valence-electron chi connectivity index (χ3n) is 3.76. The average Bonchev–Trinajstić information content (AvgIpc) is 2.90. The first kappa shape index (κ1) is 12.7. The van der Waals surface area contributed by atoms with Gasteiger partial charge in [-0.15, -0.1) is 0 Å². The number of aromatic nitrogens is 1. The summed E-state index contributed by atoms with van der Waals surface area (Å²) in [4.78, 5) is 4.62. The van der Waals surface area contributed by atoms with Gasteiger partial charge in [-0.3, -0.25) is 0 Å². The predicted molar refractivity (Wildman–Crippen MR) is 84.5 cm³/mol. The summed E-state index contributed by atoms with van der Waals surface area (Å²) >= 11 is 3.43. The molecule has 1 aliphatic rings. The van der Waals surface area contributed by atoms with Gasteiger partial charge in [0.1, 0.15) is 11.3 Å². The number of hydrogen-bond donors (Lipinski definition) is 1. The quantitative estimate of drug-likeness (QED) is 0.675. The Kier molecular flexibility index (Phi) is 2.89. The number of para-hydroxylation sites is 1. The van der Waals surface area contributed by atoms with Crippen molar-refractivity contribution in [3.63, 3.8) is 0 Å². The molecular weight excluding hydrogens is 332 g/mol. The summed E-state index contributed by atoms with van der Waals surface area (Å²) in [6, 6.07) is 11.8. The molecule has 0 saturated carbocycles. The van der Waals surface area contributed by atoms with Gasteiger partial charge in [-0.1, -0.05) is 34.1 Å². The van der Waals surface area contributed by atoms with Crippen LogP contribution in [0.4, 0.5) is 5.69 Å². The molecule has 3 aromatic rings. The number of fused-ring (bicyclic) bond motifs is 2. The van der Waals surface area contributed by atoms with Crippen molar-refractivity contribution in [1.29, 1.82) is 0 Å². The van der Waals surface area contributed by atoms with Gasteiger partial charge >= 0.3 is 0 Å². The summed E-state index contributed by atoms with van der Waals surface area (Å²) in [5.41, 5.74) is 9.15. The SMILES string of the molecule is Nc1cc(Br)cc2nc(C3CCOc4ccccc43)oc12. The maximum atomic E-state index is 6.01. The Morgan fingerprint density at radius 2 is 2.10 bits per heavy atom. The first-order valence-electron chi connectivity index (χ1n) is 6.79. The van der Waals surface area contributed by atoms with Gasteiger partial charge in [-0.05, 0) is 24.6 Å². The van der Waals surface area contributed by atoms with Gasteiger partial charge in [0, 0.05) is 10.0 Å². The molecule has 1 unspecified atom stereocenters. The van der Waals surface area contributed by atoms with E-state index in [2.05, 4.69) is 27.0 Å². The molecule has 2 N–H and O–H groups in total. The summed E-state index contributed by atoms with van der Waals surface area (Å²) in [5.74, 6) is 1.72. The van der Waals surface area contributed by atoms with Gasteiger partial charge in [0.05, 0.1) is 18.2 Å². The molecule has 0 saturated heterocycles. The number of halogens is 1. The topological polar surface area (TPSA) is 61.3 Å². The summed E-state index contributed by atoms with van der Waals surface area (Å²) in [6.07, 6.45) is 0.852. The second-order valence-electron chi connectivity index (χ2n) is 5.12. The predicted octanol–water partition coefficient (Wildman–Crippen LogP) is 4.09. The normalized spacial score (nSPS) is 17.5. The molecule has 4 rings (SSSR count). The van der Waals surface area contributed by atoms with Crippen LogP contribution in [-0.2, 0) is 0 Å². The second-order valence-corrected chi connectivity index (χ2v) is 6.04. The van der Waals surface area contributed by atoms with Crippen molar-refractivity contribution in [1.82, 2.24) is 4.98 Å². The molecule has 4 nitrogen and oxygen atoms in total. The van der Waals surface area contributed by atoms with Gasteiger partial charge in [-0.2, -0.15) is 0 Å². The molecule has 21 heavy (non-hydrogen) atoms. The van der Waals surface area contributed by atoms with Gasteiger partial charge in [-0.25, -0.2) is 4.98 Å². The maximum Gasteiger partial charge on any atom is 0.203 e. The highest BCUT2D eigenvalue weighted by atomic mass is 79.9. The van der Waals surface area contributed by atoms with Gasteiger partial charge in [0.2, 0.25) is 5.89 Å². The third-order valence-corrected chi connectivity index (χ3v) is 4.21. The molecule has 0 aliphatic carbocycles. The zero-order valence-electron chi connectivity index (χ0n) is 11.2. The summed E-state index contributed by atoms with van der Waals surface area (Å²) in [5, 5.41) is 0. The smallest absolute Gasteiger partial charge is 0.203 e. The molecule has 0 amide bonds. The molecule has 1 atom stereocenters. The van der Waals surface area contributed by atoms with E-state index < -0.39 is 0 Å². The highest BCUT2D eigenvalue weighted by molar-refractivity contribution is 9.10. The van der Waals surface area contributed by atoms with Gasteiger partial charge in [0.15, 0.2) is 5.58 Å². The Balaban J connectivity index is 1.86.